The van der Waals surface area contributed by atoms with Crippen molar-refractivity contribution < 1.29 is 51.5 Å². The van der Waals surface area contributed by atoms with Gasteiger partial charge in [0.15, 0.2) is 6.61 Å². The van der Waals surface area contributed by atoms with Gasteiger partial charge < -0.3 is 31.3 Å². The summed E-state index contributed by atoms with van der Waals surface area (Å²) in [5, 5.41) is 20.7. The van der Waals surface area contributed by atoms with Gasteiger partial charge in [-0.05, 0) is 88.2 Å². The normalized spacial score (nSPS) is 24.5. The molecule has 0 bridgehead atoms. The van der Waals surface area contributed by atoms with E-state index >= 15 is 0 Å². The van der Waals surface area contributed by atoms with Crippen LogP contribution in [0.2, 0.25) is 0 Å². The highest BCUT2D eigenvalue weighted by Gasteiger charge is 2.46. The second-order valence-electron chi connectivity index (χ2n) is 19.3. The largest absolute Gasteiger partial charge is 0.483 e. The second-order valence-corrected chi connectivity index (χ2v) is 22.4. The molecule has 7 unspecified atom stereocenters. The predicted molar refractivity (Wildman–Crippen MR) is 268 cm³/mol. The number of fused-ring (bicyclic) bond motifs is 1. The van der Waals surface area contributed by atoms with Gasteiger partial charge in [-0.2, -0.15) is 4.31 Å². The van der Waals surface area contributed by atoms with Crippen LogP contribution in [0.4, 0.5) is 0 Å². The number of amides is 8. The van der Waals surface area contributed by atoms with Crippen LogP contribution >= 0.6 is 11.8 Å². The topological polar surface area (TPSA) is 274 Å². The maximum absolute atomic E-state index is 13.3. The lowest BCUT2D eigenvalue weighted by atomic mass is 9.87. The molecule has 21 nitrogen and oxygen atoms in total. The molecule has 0 aromatic heterocycles. The first-order valence-electron chi connectivity index (χ1n) is 24.9. The van der Waals surface area contributed by atoms with E-state index in [-0.39, 0.29) is 103 Å². The summed E-state index contributed by atoms with van der Waals surface area (Å²) >= 11 is 1.58. The summed E-state index contributed by atoms with van der Waals surface area (Å²) in [5.74, 6) is -2.94. The highest BCUT2D eigenvalue weighted by Crippen LogP contribution is 2.35. The second kappa shape index (κ2) is 25.0. The number of imide groups is 2. The van der Waals surface area contributed by atoms with E-state index in [1.807, 2.05) is 7.05 Å². The Morgan fingerprint density at radius 3 is 2.29 bits per heavy atom. The Kier molecular flexibility index (Phi) is 18.8. The van der Waals surface area contributed by atoms with Crippen molar-refractivity contribution in [3.63, 3.8) is 0 Å². The highest BCUT2D eigenvalue weighted by atomic mass is 32.2. The van der Waals surface area contributed by atoms with Gasteiger partial charge >= 0.3 is 0 Å². The molecule has 0 aliphatic carbocycles. The van der Waals surface area contributed by atoms with Crippen molar-refractivity contribution in [2.75, 3.05) is 64.9 Å². The molecule has 392 valence electrons. The van der Waals surface area contributed by atoms with Gasteiger partial charge in [-0.15, -0.1) is 11.8 Å². The van der Waals surface area contributed by atoms with Gasteiger partial charge in [0.1, 0.15) is 17.3 Å². The average molecular weight is 1040 g/mol. The lowest BCUT2D eigenvalue weighted by Crippen LogP contribution is -2.54. The molecule has 4 fully saturated rings. The van der Waals surface area contributed by atoms with Crippen molar-refractivity contribution >= 4 is 69.0 Å². The van der Waals surface area contributed by atoms with Crippen LogP contribution in [0.3, 0.4) is 0 Å². The number of unbranched alkanes of at least 4 members (excludes halogenated alkanes) is 5. The van der Waals surface area contributed by atoms with Crippen LogP contribution in [0.1, 0.15) is 121 Å². The first-order valence-corrected chi connectivity index (χ1v) is 27.8. The highest BCUT2D eigenvalue weighted by molar-refractivity contribution is 8.00. The van der Waals surface area contributed by atoms with Crippen LogP contribution in [0.25, 0.3) is 0 Å². The Hall–Kier alpha value is -5.46. The summed E-state index contributed by atoms with van der Waals surface area (Å²) in [7, 11) is -1.44. The smallest absolute Gasteiger partial charge is 0.266 e. The van der Waals surface area contributed by atoms with E-state index < -0.39 is 45.6 Å². The van der Waals surface area contributed by atoms with Gasteiger partial charge in [0.25, 0.3) is 17.7 Å². The molecule has 7 rings (SSSR count). The number of hydrogen-bond acceptors (Lipinski definition) is 15. The molecule has 7 N–H and O–H groups in total. The van der Waals surface area contributed by atoms with E-state index in [4.69, 9.17) is 4.74 Å². The number of nitrogens with zero attached hydrogens (tertiary/aromatic N) is 3. The molecule has 0 spiro atoms. The number of benzene rings is 2. The van der Waals surface area contributed by atoms with Crippen LogP contribution in [-0.4, -0.2) is 158 Å². The lowest BCUT2D eigenvalue weighted by Gasteiger charge is -2.36. The quantitative estimate of drug-likeness (QED) is 0.0605. The van der Waals surface area contributed by atoms with Gasteiger partial charge in [0.2, 0.25) is 39.6 Å². The minimum absolute atomic E-state index is 0.00927. The molecule has 23 heteroatoms. The zero-order chi connectivity index (χ0) is 51.5. The van der Waals surface area contributed by atoms with E-state index in [0.29, 0.717) is 25.4 Å². The standard InChI is InChI=1S/C49H68N10O11S2/c1-30-22-34(26-58(30)72(3,68)69)45(64)53-25-41(61)56-49-54-36(29-71-49)33-13-10-12-31(23-33)32-18-21-50-39(24-32)57(2)27-42(62)51-19-8-6-4-5-7-9-20-52-43(63)28-70-38-15-11-14-35-44(38)48(67)59(47(35)66)37-16-17-40(60)55-46(37)65/h10-15,23,30,32,34,36-37,39,49-50,54H,4-9,16-22,24-29H2,1-3H3,(H,51,62)(H,52,63)(H,53,64)(H,56,61)(H,55,60,65). The molecule has 5 aliphatic rings. The molecule has 0 saturated carbocycles. The third-order valence-corrected chi connectivity index (χ3v) is 16.4. The van der Waals surface area contributed by atoms with E-state index in [1.165, 1.54) is 28.1 Å². The van der Waals surface area contributed by atoms with Crippen molar-refractivity contribution in [2.24, 2.45) is 5.92 Å². The van der Waals surface area contributed by atoms with Crippen LogP contribution in [0, 0.1) is 5.92 Å². The Morgan fingerprint density at radius 2 is 1.57 bits per heavy atom. The van der Waals surface area contributed by atoms with Gasteiger partial charge in [0, 0.05) is 43.9 Å². The number of sulfonamides is 1. The number of ether oxygens (including phenoxy) is 1. The zero-order valence-electron chi connectivity index (χ0n) is 41.2. The van der Waals surface area contributed by atoms with Crippen molar-refractivity contribution in [1.29, 1.82) is 0 Å². The van der Waals surface area contributed by atoms with Crippen LogP contribution < -0.4 is 42.0 Å². The Balaban J connectivity index is 0.720. The number of hydrogen-bond donors (Lipinski definition) is 7. The fourth-order valence-corrected chi connectivity index (χ4v) is 12.4. The number of thioether (sulfide) groups is 1. The third-order valence-electron chi connectivity index (χ3n) is 13.9. The number of carbonyl (C=O) groups is 8. The zero-order valence-corrected chi connectivity index (χ0v) is 42.8. The van der Waals surface area contributed by atoms with Crippen LogP contribution in [-0.2, 0) is 38.8 Å². The van der Waals surface area contributed by atoms with Crippen LogP contribution in [0.15, 0.2) is 42.5 Å². The summed E-state index contributed by atoms with van der Waals surface area (Å²) < 4.78 is 31.0. The number of nitrogens with one attached hydrogen (secondary N) is 7. The SMILES string of the molecule is CC1CC(C(=O)NCC(=O)NC2NC(c3cccc(C4CCNC(N(C)CC(=O)NCCCCCCCCNC(=O)COc5cccc6c5C(=O)N(C5CCC(=O)NC5=O)C6=O)C4)c3)CS2)CN1S(C)(=O)=O. The van der Waals surface area contributed by atoms with E-state index in [0.717, 1.165) is 80.4 Å². The number of piperidine rings is 2. The van der Waals surface area contributed by atoms with Crippen molar-refractivity contribution in [3.8, 4) is 5.75 Å². The summed E-state index contributed by atoms with van der Waals surface area (Å²) in [6, 6.07) is 11.7. The van der Waals surface area contributed by atoms with E-state index in [2.05, 4.69) is 66.4 Å². The van der Waals surface area contributed by atoms with Gasteiger partial charge in [-0.1, -0.05) is 56.0 Å². The average Bonchev–Trinajstić information content (AvgIpc) is 4.06. The summed E-state index contributed by atoms with van der Waals surface area (Å²) in [4.78, 5) is 104. The monoisotopic (exact) mass is 1040 g/mol. The fraction of sp³-hybridized carbons (Fsp3) is 0.592. The number of rotatable bonds is 23. The molecule has 2 aromatic carbocycles. The Morgan fingerprint density at radius 1 is 0.861 bits per heavy atom. The summed E-state index contributed by atoms with van der Waals surface area (Å²) in [6.07, 6.45) is 8.93. The van der Waals surface area contributed by atoms with Crippen molar-refractivity contribution in [3.05, 3.63) is 64.7 Å². The lowest BCUT2D eigenvalue weighted by molar-refractivity contribution is -0.136. The number of carbonyl (C=O) groups excluding carboxylic acids is 8. The Bertz CT molecular complexity index is 2480. The third kappa shape index (κ3) is 14.2. The summed E-state index contributed by atoms with van der Waals surface area (Å²) in [6.45, 7) is 3.48. The molecule has 72 heavy (non-hydrogen) atoms. The molecule has 7 atom stereocenters. The number of likely N-dealkylation sites (N-methyl/N-ethyl adjacent to an activating group) is 1. The molecular formula is C49H68N10O11S2. The minimum Gasteiger partial charge on any atom is -0.483 e. The Labute approximate surface area is 424 Å². The van der Waals surface area contributed by atoms with Crippen molar-refractivity contribution in [1.82, 2.24) is 51.3 Å². The minimum atomic E-state index is -3.41. The molecule has 4 saturated heterocycles. The predicted octanol–water partition coefficient (Wildman–Crippen LogP) is 1.03. The first-order chi connectivity index (χ1) is 34.5. The summed E-state index contributed by atoms with van der Waals surface area (Å²) in [5.41, 5.74) is 2.11. The molecule has 0 radical (unpaired) electrons. The molecule has 5 heterocycles. The van der Waals surface area contributed by atoms with Gasteiger partial charge in [-0.3, -0.25) is 58.8 Å². The molecule has 5 aliphatic heterocycles. The first kappa shape index (κ1) is 54.3. The van der Waals surface area contributed by atoms with E-state index in [9.17, 15) is 46.8 Å². The molecule has 8 amide bonds. The maximum atomic E-state index is 13.3. The van der Waals surface area contributed by atoms with E-state index in [1.54, 1.807) is 18.7 Å². The maximum Gasteiger partial charge on any atom is 0.266 e. The van der Waals surface area contributed by atoms with Crippen LogP contribution in [0.5, 0.6) is 5.75 Å². The van der Waals surface area contributed by atoms with Gasteiger partial charge in [0.05, 0.1) is 42.6 Å². The van der Waals surface area contributed by atoms with Crippen molar-refractivity contribution in [2.45, 2.75) is 113 Å². The van der Waals surface area contributed by atoms with Gasteiger partial charge in [-0.25, -0.2) is 8.42 Å². The molecule has 2 aromatic rings. The molecular weight excluding hydrogens is 969 g/mol. The fourth-order valence-electron chi connectivity index (χ4n) is 10.1.